The van der Waals surface area contributed by atoms with Crippen LogP contribution in [-0.4, -0.2) is 42.1 Å². The molecular weight excluding hydrogens is 340 g/mol. The Morgan fingerprint density at radius 2 is 0.952 bits per heavy atom. The monoisotopic (exact) mass is 342 g/mol. The SMILES string of the molecule is FC(F)(F)C1(C(F)(F)F)C=NC(C(F)(F)F)(C(F)(F)F)N1. The van der Waals surface area contributed by atoms with Crippen LogP contribution in [0.1, 0.15) is 0 Å². The van der Waals surface area contributed by atoms with E-state index in [-0.39, 0.29) is 0 Å². The fourth-order valence-electron chi connectivity index (χ4n) is 1.44. The molecule has 0 aromatic rings. The minimum Gasteiger partial charge on any atom is -0.255 e. The van der Waals surface area contributed by atoms with Gasteiger partial charge < -0.3 is 0 Å². The number of hydrogen-bond acceptors (Lipinski definition) is 2. The van der Waals surface area contributed by atoms with Crippen LogP contribution in [0, 0.1) is 0 Å². The average molecular weight is 342 g/mol. The molecule has 0 amide bonds. The van der Waals surface area contributed by atoms with Gasteiger partial charge >= 0.3 is 30.4 Å². The lowest BCUT2D eigenvalue weighted by Gasteiger charge is -2.38. The molecule has 0 bridgehead atoms. The molecular formula is C7H2F12N2. The summed E-state index contributed by atoms with van der Waals surface area (Å²) in [5.41, 5.74) is -11.3. The number of halogens is 12. The molecule has 1 aliphatic heterocycles. The van der Waals surface area contributed by atoms with Crippen LogP contribution in [-0.2, 0) is 0 Å². The summed E-state index contributed by atoms with van der Waals surface area (Å²) in [7, 11) is 0. The maximum atomic E-state index is 12.4. The first-order valence-corrected chi connectivity index (χ1v) is 4.54. The lowest BCUT2D eigenvalue weighted by atomic mass is 9.98. The fourth-order valence-corrected chi connectivity index (χ4v) is 1.44. The first kappa shape index (κ1) is 17.8. The zero-order valence-corrected chi connectivity index (χ0v) is 9.06. The summed E-state index contributed by atoms with van der Waals surface area (Å²) >= 11 is 0. The fraction of sp³-hybridized carbons (Fsp3) is 0.857. The standard InChI is InChI=1S/C7H2F12N2/c8-4(9,10)2(5(11,12)13)1-20-3(21-2,6(14,15)16)7(17,18)19/h1,21H. The van der Waals surface area contributed by atoms with Gasteiger partial charge in [0.05, 0.1) is 0 Å². The second kappa shape index (κ2) is 4.16. The number of nitrogens with zero attached hydrogens (tertiary/aromatic N) is 1. The first-order valence-electron chi connectivity index (χ1n) is 4.54. The van der Waals surface area contributed by atoms with E-state index in [4.69, 9.17) is 0 Å². The Balaban J connectivity index is 3.55. The van der Waals surface area contributed by atoms with Crippen LogP contribution in [0.15, 0.2) is 4.99 Å². The molecule has 0 atom stereocenters. The van der Waals surface area contributed by atoms with Gasteiger partial charge in [-0.15, -0.1) is 0 Å². The van der Waals surface area contributed by atoms with Crippen LogP contribution in [0.4, 0.5) is 52.7 Å². The molecule has 0 aromatic carbocycles. The zero-order chi connectivity index (χ0) is 17.1. The van der Waals surface area contributed by atoms with Gasteiger partial charge in [-0.3, -0.25) is 10.3 Å². The lowest BCUT2D eigenvalue weighted by molar-refractivity contribution is -0.332. The van der Waals surface area contributed by atoms with Gasteiger partial charge in [0.2, 0.25) is 5.54 Å². The van der Waals surface area contributed by atoms with Gasteiger partial charge in [0.25, 0.3) is 0 Å². The Bertz CT molecular complexity index is 366. The molecule has 0 spiro atoms. The predicted octanol–water partition coefficient (Wildman–Crippen LogP) is 3.34. The Morgan fingerprint density at radius 1 is 0.619 bits per heavy atom. The quantitative estimate of drug-likeness (QED) is 0.671. The molecule has 0 aromatic heterocycles. The van der Waals surface area contributed by atoms with E-state index in [1.807, 2.05) is 0 Å². The van der Waals surface area contributed by atoms with E-state index < -0.39 is 47.4 Å². The number of rotatable bonds is 0. The molecule has 1 heterocycles. The van der Waals surface area contributed by atoms with Crippen LogP contribution in [0.25, 0.3) is 0 Å². The molecule has 1 N–H and O–H groups in total. The van der Waals surface area contributed by atoms with E-state index in [2.05, 4.69) is 0 Å². The van der Waals surface area contributed by atoms with Gasteiger partial charge in [-0.2, -0.15) is 52.7 Å². The minimum absolute atomic E-state index is 0.444. The van der Waals surface area contributed by atoms with Crippen molar-refractivity contribution >= 4 is 6.21 Å². The second-order valence-electron chi connectivity index (χ2n) is 3.89. The van der Waals surface area contributed by atoms with Crippen molar-refractivity contribution in [3.63, 3.8) is 0 Å². The molecule has 21 heavy (non-hydrogen) atoms. The molecule has 0 radical (unpaired) electrons. The zero-order valence-electron chi connectivity index (χ0n) is 9.06. The summed E-state index contributed by atoms with van der Waals surface area (Å²) in [6, 6.07) is 0. The highest BCUT2D eigenvalue weighted by atomic mass is 19.4. The summed E-state index contributed by atoms with van der Waals surface area (Å²) in [6.45, 7) is 0. The van der Waals surface area contributed by atoms with Crippen molar-refractivity contribution in [1.29, 1.82) is 0 Å². The van der Waals surface area contributed by atoms with Crippen molar-refractivity contribution in [2.45, 2.75) is 35.9 Å². The average Bonchev–Trinajstić information content (AvgIpc) is 2.54. The van der Waals surface area contributed by atoms with Crippen molar-refractivity contribution in [2.75, 3.05) is 0 Å². The van der Waals surface area contributed by atoms with Crippen LogP contribution in [0.3, 0.4) is 0 Å². The first-order chi connectivity index (χ1) is 8.91. The molecule has 0 saturated carbocycles. The largest absolute Gasteiger partial charge is 0.436 e. The van der Waals surface area contributed by atoms with Crippen molar-refractivity contribution in [3.05, 3.63) is 0 Å². The van der Waals surface area contributed by atoms with Crippen LogP contribution in [0.2, 0.25) is 0 Å². The van der Waals surface area contributed by atoms with E-state index in [0.717, 1.165) is 0 Å². The molecule has 124 valence electrons. The van der Waals surface area contributed by atoms with E-state index in [1.54, 1.807) is 0 Å². The highest BCUT2D eigenvalue weighted by Gasteiger charge is 2.83. The van der Waals surface area contributed by atoms with Gasteiger partial charge in [0, 0.05) is 6.21 Å². The molecule has 14 heteroatoms. The second-order valence-corrected chi connectivity index (χ2v) is 3.89. The van der Waals surface area contributed by atoms with Crippen LogP contribution in [0.5, 0.6) is 0 Å². The van der Waals surface area contributed by atoms with Crippen molar-refractivity contribution in [1.82, 2.24) is 5.32 Å². The van der Waals surface area contributed by atoms with Crippen molar-refractivity contribution in [2.24, 2.45) is 4.99 Å². The molecule has 0 saturated heterocycles. The van der Waals surface area contributed by atoms with E-state index in [0.29, 0.717) is 0 Å². The van der Waals surface area contributed by atoms with Gasteiger partial charge in [-0.25, -0.2) is 0 Å². The third-order valence-electron chi connectivity index (χ3n) is 2.54. The summed E-state index contributed by atoms with van der Waals surface area (Å²) < 4.78 is 149. The summed E-state index contributed by atoms with van der Waals surface area (Å²) in [4.78, 5) is 1.47. The van der Waals surface area contributed by atoms with Crippen molar-refractivity contribution < 1.29 is 52.7 Å². The topological polar surface area (TPSA) is 24.4 Å². The van der Waals surface area contributed by atoms with Crippen LogP contribution >= 0.6 is 0 Å². The Morgan fingerprint density at radius 3 is 1.10 bits per heavy atom. The normalized spacial score (nSPS) is 22.7. The molecule has 0 aliphatic carbocycles. The summed E-state index contributed by atoms with van der Waals surface area (Å²) in [6.07, 6.45) is -27.7. The van der Waals surface area contributed by atoms with Crippen LogP contribution < -0.4 is 5.32 Å². The molecule has 0 fully saturated rings. The Hall–Kier alpha value is -1.21. The van der Waals surface area contributed by atoms with Gasteiger partial charge in [-0.05, 0) is 0 Å². The third kappa shape index (κ3) is 2.32. The Kier molecular flexibility index (Phi) is 3.54. The smallest absolute Gasteiger partial charge is 0.255 e. The van der Waals surface area contributed by atoms with E-state index in [9.17, 15) is 52.7 Å². The predicted molar refractivity (Wildman–Crippen MR) is 41.3 cm³/mol. The lowest BCUT2D eigenvalue weighted by Crippen LogP contribution is -2.74. The van der Waals surface area contributed by atoms with Gasteiger partial charge in [0.1, 0.15) is 0 Å². The maximum Gasteiger partial charge on any atom is 0.436 e. The van der Waals surface area contributed by atoms with E-state index >= 15 is 0 Å². The highest BCUT2D eigenvalue weighted by molar-refractivity contribution is 5.77. The molecule has 2 nitrogen and oxygen atoms in total. The molecule has 0 unspecified atom stereocenters. The van der Waals surface area contributed by atoms with E-state index in [1.165, 1.54) is 4.99 Å². The summed E-state index contributed by atoms with van der Waals surface area (Å²) in [5, 5.41) is -0.444. The number of nitrogens with one attached hydrogen (secondary N) is 1. The van der Waals surface area contributed by atoms with Crippen molar-refractivity contribution in [3.8, 4) is 0 Å². The highest BCUT2D eigenvalue weighted by Crippen LogP contribution is 2.53. The maximum absolute atomic E-state index is 12.4. The summed E-state index contributed by atoms with van der Waals surface area (Å²) in [5.74, 6) is 0. The van der Waals surface area contributed by atoms with Gasteiger partial charge in [0.15, 0.2) is 0 Å². The van der Waals surface area contributed by atoms with Gasteiger partial charge in [-0.1, -0.05) is 0 Å². The Labute approximate surface area is 106 Å². The molecule has 1 aliphatic rings. The minimum atomic E-state index is -6.58. The number of aliphatic imine (C=N–C) groups is 1. The number of hydrogen-bond donors (Lipinski definition) is 1. The molecule has 1 rings (SSSR count). The number of alkyl halides is 12. The third-order valence-corrected chi connectivity index (χ3v) is 2.54.